The van der Waals surface area contributed by atoms with Gasteiger partial charge in [0.05, 0.1) is 11.8 Å². The Balaban J connectivity index is 1.22. The number of ether oxygens (including phenoxy) is 1. The van der Waals surface area contributed by atoms with Gasteiger partial charge in [-0.25, -0.2) is 9.98 Å². The summed E-state index contributed by atoms with van der Waals surface area (Å²) in [5.74, 6) is 1.67. The van der Waals surface area contributed by atoms with Crippen LogP contribution in [0.25, 0.3) is 0 Å². The molecule has 0 bridgehead atoms. The molecule has 0 amide bonds. The monoisotopic (exact) mass is 500 g/mol. The minimum Gasteiger partial charge on any atom is -0.463 e. The van der Waals surface area contributed by atoms with Crippen LogP contribution in [0.15, 0.2) is 52.6 Å². The molecule has 2 aliphatic carbocycles. The lowest BCUT2D eigenvalue weighted by atomic mass is 9.75. The number of fused-ring (bicyclic) bond motifs is 1. The number of allylic oxidation sites excluding steroid dienone is 3. The predicted octanol–water partition coefficient (Wildman–Crippen LogP) is 4.95. The highest BCUT2D eigenvalue weighted by Crippen LogP contribution is 2.47. The fourth-order valence-corrected chi connectivity index (χ4v) is 7.26. The van der Waals surface area contributed by atoms with Gasteiger partial charge in [0.2, 0.25) is 5.88 Å². The summed E-state index contributed by atoms with van der Waals surface area (Å²) in [7, 11) is -3.73. The van der Waals surface area contributed by atoms with Crippen molar-refractivity contribution >= 4 is 40.8 Å². The second kappa shape index (κ2) is 9.04. The van der Waals surface area contributed by atoms with Crippen LogP contribution in [0.4, 0.5) is 11.5 Å². The van der Waals surface area contributed by atoms with Gasteiger partial charge >= 0.3 is 7.60 Å². The molecule has 180 valence electrons. The molecule has 2 aromatic rings. The van der Waals surface area contributed by atoms with Gasteiger partial charge in [-0.05, 0) is 74.8 Å². The number of thiophene rings is 1. The van der Waals surface area contributed by atoms with Crippen molar-refractivity contribution < 1.29 is 18.7 Å². The maximum atomic E-state index is 12.6. The fourth-order valence-electron chi connectivity index (χ4n) is 4.97. The maximum Gasteiger partial charge on any atom is 0.368 e. The van der Waals surface area contributed by atoms with Crippen LogP contribution in [0, 0.1) is 11.8 Å². The van der Waals surface area contributed by atoms with Gasteiger partial charge in [0.25, 0.3) is 0 Å². The van der Waals surface area contributed by atoms with E-state index >= 15 is 0 Å². The lowest BCUT2D eigenvalue weighted by Gasteiger charge is -2.35. The number of nitrogens with two attached hydrogens (primary N) is 1. The highest BCUT2D eigenvalue weighted by molar-refractivity contribution is 7.67. The number of rotatable bonds is 5. The van der Waals surface area contributed by atoms with Gasteiger partial charge in [-0.2, -0.15) is 4.98 Å². The minimum atomic E-state index is -3.73. The summed E-state index contributed by atoms with van der Waals surface area (Å²) in [5.41, 5.74) is 7.70. The number of anilines is 1. The van der Waals surface area contributed by atoms with Gasteiger partial charge < -0.3 is 19.9 Å². The molecular weight excluding hydrogens is 471 g/mol. The van der Waals surface area contributed by atoms with Crippen molar-refractivity contribution in [2.45, 2.75) is 57.7 Å². The molecule has 3 heterocycles. The molecule has 2 aromatic heterocycles. The zero-order chi connectivity index (χ0) is 23.9. The molecule has 2 atom stereocenters. The molecule has 34 heavy (non-hydrogen) atoms. The van der Waals surface area contributed by atoms with E-state index in [9.17, 15) is 9.46 Å². The number of aliphatic imine (C=N–C) groups is 1. The Morgan fingerprint density at radius 2 is 2.06 bits per heavy atom. The third kappa shape index (κ3) is 4.62. The Labute approximate surface area is 203 Å². The SMILES string of the molecule is CC1(C)Oc2ncnc(N)c2N=C1C1=CCC([C@H]2CC[C@H](OP(=O)(O)c3cccs3)CC2)C=C1. The molecule has 5 rings (SSSR count). The normalized spacial score (nSPS) is 27.7. The van der Waals surface area contributed by atoms with E-state index in [1.165, 1.54) is 17.7 Å². The average Bonchev–Trinajstić information content (AvgIpc) is 3.35. The first-order valence-electron chi connectivity index (χ1n) is 11.6. The van der Waals surface area contributed by atoms with Crippen molar-refractivity contribution in [3.8, 4) is 5.88 Å². The van der Waals surface area contributed by atoms with E-state index in [2.05, 4.69) is 28.2 Å². The van der Waals surface area contributed by atoms with E-state index < -0.39 is 13.2 Å². The summed E-state index contributed by atoms with van der Waals surface area (Å²) >= 11 is 1.26. The van der Waals surface area contributed by atoms with Crippen molar-refractivity contribution in [3.05, 3.63) is 47.6 Å². The smallest absolute Gasteiger partial charge is 0.368 e. The maximum absolute atomic E-state index is 12.6. The molecule has 0 radical (unpaired) electrons. The van der Waals surface area contributed by atoms with Gasteiger partial charge in [0.15, 0.2) is 11.5 Å². The molecular formula is C24H29N4O4PS. The van der Waals surface area contributed by atoms with E-state index in [-0.39, 0.29) is 6.10 Å². The van der Waals surface area contributed by atoms with Crippen LogP contribution in [0.5, 0.6) is 5.88 Å². The molecule has 0 aromatic carbocycles. The predicted molar refractivity (Wildman–Crippen MR) is 134 cm³/mol. The van der Waals surface area contributed by atoms with E-state index in [4.69, 9.17) is 20.0 Å². The van der Waals surface area contributed by atoms with Gasteiger partial charge in [0.1, 0.15) is 16.5 Å². The van der Waals surface area contributed by atoms with Crippen LogP contribution in [0.3, 0.4) is 0 Å². The highest BCUT2D eigenvalue weighted by atomic mass is 32.1. The summed E-state index contributed by atoms with van der Waals surface area (Å²) in [4.78, 5) is 23.3. The molecule has 1 saturated carbocycles. The first kappa shape index (κ1) is 23.4. The molecule has 1 aliphatic heterocycles. The summed E-state index contributed by atoms with van der Waals surface area (Å²) in [6, 6.07) is 3.44. The summed E-state index contributed by atoms with van der Waals surface area (Å²) in [5, 5.41) is 1.79. The Bertz CT molecular complexity index is 1200. The molecule has 2 unspecified atom stereocenters. The third-order valence-corrected chi connectivity index (χ3v) is 9.74. The summed E-state index contributed by atoms with van der Waals surface area (Å²) in [6.07, 6.45) is 12.3. The zero-order valence-corrected chi connectivity index (χ0v) is 21.0. The van der Waals surface area contributed by atoms with Crippen molar-refractivity contribution in [1.82, 2.24) is 9.97 Å². The quantitative estimate of drug-likeness (QED) is 0.557. The van der Waals surface area contributed by atoms with Gasteiger partial charge in [-0.1, -0.05) is 24.3 Å². The Kier molecular flexibility index (Phi) is 6.23. The number of hydrogen-bond donors (Lipinski definition) is 2. The highest BCUT2D eigenvalue weighted by Gasteiger charge is 2.37. The Hall–Kier alpha value is -2.32. The lowest BCUT2D eigenvalue weighted by Crippen LogP contribution is -2.41. The number of nitrogens with zero attached hydrogens (tertiary/aromatic N) is 3. The van der Waals surface area contributed by atoms with Crippen LogP contribution < -0.4 is 15.1 Å². The van der Waals surface area contributed by atoms with E-state index in [1.807, 2.05) is 13.8 Å². The molecule has 10 heteroatoms. The molecule has 0 spiro atoms. The van der Waals surface area contributed by atoms with Crippen LogP contribution in [-0.2, 0) is 9.09 Å². The molecule has 3 N–H and O–H groups in total. The van der Waals surface area contributed by atoms with Crippen molar-refractivity contribution in [1.29, 1.82) is 0 Å². The summed E-state index contributed by atoms with van der Waals surface area (Å²) < 4.78 is 24.7. The van der Waals surface area contributed by atoms with Crippen LogP contribution >= 0.6 is 18.9 Å². The number of aromatic nitrogens is 2. The van der Waals surface area contributed by atoms with Crippen LogP contribution in [0.1, 0.15) is 46.0 Å². The lowest BCUT2D eigenvalue weighted by molar-refractivity contribution is 0.109. The Morgan fingerprint density at radius 1 is 1.26 bits per heavy atom. The van der Waals surface area contributed by atoms with Crippen molar-refractivity contribution in [3.63, 3.8) is 0 Å². The minimum absolute atomic E-state index is 0.171. The van der Waals surface area contributed by atoms with E-state index in [0.29, 0.717) is 33.8 Å². The van der Waals surface area contributed by atoms with Crippen LogP contribution in [0.2, 0.25) is 0 Å². The van der Waals surface area contributed by atoms with Crippen LogP contribution in [-0.4, -0.2) is 32.3 Å². The third-order valence-electron chi connectivity index (χ3n) is 6.77. The second-order valence-electron chi connectivity index (χ2n) is 9.52. The van der Waals surface area contributed by atoms with E-state index in [1.54, 1.807) is 17.5 Å². The largest absolute Gasteiger partial charge is 0.463 e. The van der Waals surface area contributed by atoms with E-state index in [0.717, 1.165) is 43.4 Å². The summed E-state index contributed by atoms with van der Waals surface area (Å²) in [6.45, 7) is 3.95. The first-order chi connectivity index (χ1) is 16.2. The van der Waals surface area contributed by atoms with Gasteiger partial charge in [0, 0.05) is 0 Å². The van der Waals surface area contributed by atoms with Gasteiger partial charge in [-0.15, -0.1) is 11.3 Å². The molecule has 8 nitrogen and oxygen atoms in total. The molecule has 0 saturated heterocycles. The topological polar surface area (TPSA) is 120 Å². The fraction of sp³-hybridized carbons (Fsp3) is 0.458. The molecule has 1 fully saturated rings. The van der Waals surface area contributed by atoms with Crippen molar-refractivity contribution in [2.24, 2.45) is 16.8 Å². The van der Waals surface area contributed by atoms with Gasteiger partial charge in [-0.3, -0.25) is 4.57 Å². The second-order valence-corrected chi connectivity index (χ2v) is 12.5. The zero-order valence-electron chi connectivity index (χ0n) is 19.3. The number of hydrogen-bond acceptors (Lipinski definition) is 8. The van der Waals surface area contributed by atoms with Crippen molar-refractivity contribution in [2.75, 3.05) is 5.73 Å². The number of nitrogen functional groups attached to an aromatic ring is 1. The standard InChI is InChI=1S/C24H29N4O4PS/c1-24(2)21(28-20-22(25)26-14-27-23(20)31-24)17-7-5-15(6-8-17)16-9-11-18(12-10-16)32-33(29,30)19-4-3-13-34-19/h3-5,7-8,13-16,18H,6,9-12H2,1-2H3,(H,29,30)(H2,25,26,27)/t15?,16-,18-. The first-order valence-corrected chi connectivity index (χ1v) is 14.0. The molecule has 3 aliphatic rings. The average molecular weight is 501 g/mol. The Morgan fingerprint density at radius 3 is 2.74 bits per heavy atom.